The molecule has 1 unspecified atom stereocenters. The van der Waals surface area contributed by atoms with Gasteiger partial charge in [-0.25, -0.2) is 0 Å². The number of benzene rings is 1. The van der Waals surface area contributed by atoms with Crippen LogP contribution in [0.1, 0.15) is 25.3 Å². The monoisotopic (exact) mass is 422 g/mol. The third-order valence-corrected chi connectivity index (χ3v) is 6.18. The molecule has 1 aliphatic rings. The smallest absolute Gasteiger partial charge is 0.416 e. The number of likely N-dealkylation sites (N-methyl/N-ethyl adjacent to an activating group) is 1. The Morgan fingerprint density at radius 1 is 1.28 bits per heavy atom. The van der Waals surface area contributed by atoms with E-state index in [2.05, 4.69) is 27.3 Å². The van der Waals surface area contributed by atoms with E-state index in [0.717, 1.165) is 54.7 Å². The van der Waals surface area contributed by atoms with E-state index < -0.39 is 17.5 Å². The van der Waals surface area contributed by atoms with E-state index in [0.29, 0.717) is 11.5 Å². The van der Waals surface area contributed by atoms with E-state index in [1.165, 1.54) is 17.4 Å². The molecule has 1 aromatic carbocycles. The van der Waals surface area contributed by atoms with Gasteiger partial charge < -0.3 is 15.3 Å². The number of likely N-dealkylation sites (tertiary alicyclic amines) is 1. The van der Waals surface area contributed by atoms with E-state index in [1.807, 2.05) is 11.4 Å². The molecule has 0 aliphatic carbocycles. The number of anilines is 1. The maximum absolute atomic E-state index is 12.9. The number of fused-ring (bicyclic) bond motifs is 1. The van der Waals surface area contributed by atoms with Crippen molar-refractivity contribution in [1.82, 2.24) is 15.1 Å². The Bertz CT molecular complexity index is 1020. The number of nitrogens with one attached hydrogen (secondary N) is 1. The maximum Gasteiger partial charge on any atom is 0.416 e. The molecule has 5 nitrogen and oxygen atoms in total. The van der Waals surface area contributed by atoms with Crippen LogP contribution in [0.3, 0.4) is 0 Å². The van der Waals surface area contributed by atoms with Crippen molar-refractivity contribution in [3.05, 3.63) is 35.2 Å². The average Bonchev–Trinajstić information content (AvgIpc) is 3.18. The molecule has 0 spiro atoms. The summed E-state index contributed by atoms with van der Waals surface area (Å²) in [5.41, 5.74) is -0.282. The van der Waals surface area contributed by atoms with Crippen LogP contribution in [0.15, 0.2) is 29.6 Å². The molecule has 0 bridgehead atoms. The van der Waals surface area contributed by atoms with Gasteiger partial charge in [0.2, 0.25) is 0 Å². The molecular weight excluding hydrogens is 401 g/mol. The van der Waals surface area contributed by atoms with Crippen molar-refractivity contribution < 1.29 is 18.3 Å². The predicted octanol–water partition coefficient (Wildman–Crippen LogP) is 4.98. The van der Waals surface area contributed by atoms with E-state index in [1.54, 1.807) is 0 Å². The third-order valence-electron chi connectivity index (χ3n) is 5.26. The summed E-state index contributed by atoms with van der Waals surface area (Å²) in [6.45, 7) is 5.18. The zero-order chi connectivity index (χ0) is 20.6. The Labute approximate surface area is 170 Å². The molecule has 0 radical (unpaired) electrons. The summed E-state index contributed by atoms with van der Waals surface area (Å²) in [4.78, 5) is 2.38. The number of rotatable bonds is 4. The summed E-state index contributed by atoms with van der Waals surface area (Å²) in [6, 6.07) is 5.11. The molecule has 1 aliphatic heterocycles. The first-order valence-electron chi connectivity index (χ1n) is 9.50. The fourth-order valence-corrected chi connectivity index (χ4v) is 4.62. The fraction of sp³-hybridized carbons (Fsp3) is 0.400. The second-order valence-electron chi connectivity index (χ2n) is 7.17. The molecule has 1 fully saturated rings. The lowest BCUT2D eigenvalue weighted by atomic mass is 10.0. The van der Waals surface area contributed by atoms with Crippen molar-refractivity contribution in [3.8, 4) is 17.0 Å². The van der Waals surface area contributed by atoms with Crippen LogP contribution in [0.4, 0.5) is 19.0 Å². The second-order valence-corrected chi connectivity index (χ2v) is 8.08. The summed E-state index contributed by atoms with van der Waals surface area (Å²) in [5.74, 6) is 0.203. The molecule has 1 saturated heterocycles. The first-order chi connectivity index (χ1) is 13.9. The number of aromatic hydroxyl groups is 1. The minimum Gasteiger partial charge on any atom is -0.507 e. The topological polar surface area (TPSA) is 61.3 Å². The number of piperidine rings is 1. The van der Waals surface area contributed by atoms with Gasteiger partial charge in [0.25, 0.3) is 0 Å². The minimum atomic E-state index is -4.51. The Hall–Kier alpha value is -2.39. The Morgan fingerprint density at radius 3 is 2.83 bits per heavy atom. The van der Waals surface area contributed by atoms with Gasteiger partial charge in [0.05, 0.1) is 10.3 Å². The number of phenolic OH excluding ortho intramolecular Hbond substituents is 1. The van der Waals surface area contributed by atoms with Crippen molar-refractivity contribution >= 4 is 27.2 Å². The van der Waals surface area contributed by atoms with Crippen LogP contribution in [0.25, 0.3) is 21.3 Å². The largest absolute Gasteiger partial charge is 0.507 e. The van der Waals surface area contributed by atoms with E-state index in [4.69, 9.17) is 0 Å². The molecule has 29 heavy (non-hydrogen) atoms. The van der Waals surface area contributed by atoms with E-state index in [9.17, 15) is 18.3 Å². The van der Waals surface area contributed by atoms with Gasteiger partial charge in [-0.05, 0) is 55.6 Å². The summed E-state index contributed by atoms with van der Waals surface area (Å²) in [5, 5.41) is 25.0. The van der Waals surface area contributed by atoms with Gasteiger partial charge in [-0.1, -0.05) is 6.92 Å². The molecule has 2 N–H and O–H groups in total. The standard InChI is InChI=1S/C20H21F3N4OS/c1-2-27-8-3-4-13(11-27)24-19-15-7-9-29-18(15)17(25-26-19)14-6-5-12(10-16(14)28)20(21,22)23/h5-7,9-10,13,28H,2-4,8,11H2,1H3,(H,24,26). The van der Waals surface area contributed by atoms with Crippen LogP contribution < -0.4 is 5.32 Å². The van der Waals surface area contributed by atoms with Crippen LogP contribution >= 0.6 is 11.3 Å². The highest BCUT2D eigenvalue weighted by Gasteiger charge is 2.31. The number of phenols is 1. The zero-order valence-electron chi connectivity index (χ0n) is 15.8. The van der Waals surface area contributed by atoms with Crippen LogP contribution in [0, 0.1) is 0 Å². The normalized spacial score (nSPS) is 18.3. The van der Waals surface area contributed by atoms with Gasteiger partial charge in [-0.3, -0.25) is 0 Å². The SMILES string of the molecule is CCN1CCCC(Nc2nnc(-c3ccc(C(F)(F)F)cc3O)c3sccc23)C1. The van der Waals surface area contributed by atoms with Gasteiger partial charge in [-0.15, -0.1) is 21.5 Å². The van der Waals surface area contributed by atoms with Gasteiger partial charge in [0.1, 0.15) is 11.4 Å². The molecule has 154 valence electrons. The van der Waals surface area contributed by atoms with E-state index in [-0.39, 0.29) is 11.6 Å². The fourth-order valence-electron chi connectivity index (χ4n) is 3.72. The number of aromatic nitrogens is 2. The lowest BCUT2D eigenvalue weighted by molar-refractivity contribution is -0.137. The first kappa shape index (κ1) is 19.9. The maximum atomic E-state index is 12.9. The van der Waals surface area contributed by atoms with Crippen LogP contribution in [0.2, 0.25) is 0 Å². The van der Waals surface area contributed by atoms with Crippen molar-refractivity contribution in [2.24, 2.45) is 0 Å². The molecule has 4 rings (SSSR count). The van der Waals surface area contributed by atoms with Crippen molar-refractivity contribution in [3.63, 3.8) is 0 Å². The molecule has 1 atom stereocenters. The first-order valence-corrected chi connectivity index (χ1v) is 10.4. The summed E-state index contributed by atoms with van der Waals surface area (Å²) in [6.07, 6.45) is -2.35. The molecular formula is C20H21F3N4OS. The number of halogens is 3. The highest BCUT2D eigenvalue weighted by atomic mass is 32.1. The minimum absolute atomic E-state index is 0.235. The highest BCUT2D eigenvalue weighted by Crippen LogP contribution is 2.40. The van der Waals surface area contributed by atoms with Crippen LogP contribution in [-0.4, -0.2) is 45.9 Å². The molecule has 2 aromatic heterocycles. The molecule has 0 saturated carbocycles. The second kappa shape index (κ2) is 7.79. The number of alkyl halides is 3. The quantitative estimate of drug-likeness (QED) is 0.621. The van der Waals surface area contributed by atoms with Crippen molar-refractivity contribution in [1.29, 1.82) is 0 Å². The van der Waals surface area contributed by atoms with Gasteiger partial charge in [-0.2, -0.15) is 13.2 Å². The number of thiophene rings is 1. The molecule has 3 aromatic rings. The Kier molecular flexibility index (Phi) is 5.35. The van der Waals surface area contributed by atoms with Crippen molar-refractivity contribution in [2.75, 3.05) is 25.0 Å². The molecule has 9 heteroatoms. The number of hydrogen-bond donors (Lipinski definition) is 2. The number of hydrogen-bond acceptors (Lipinski definition) is 6. The third kappa shape index (κ3) is 4.02. The van der Waals surface area contributed by atoms with Gasteiger partial charge in [0.15, 0.2) is 5.82 Å². The molecule has 0 amide bonds. The lowest BCUT2D eigenvalue weighted by Gasteiger charge is -2.32. The Morgan fingerprint density at radius 2 is 2.10 bits per heavy atom. The van der Waals surface area contributed by atoms with Gasteiger partial charge in [0, 0.05) is 23.5 Å². The average molecular weight is 422 g/mol. The van der Waals surface area contributed by atoms with Gasteiger partial charge >= 0.3 is 6.18 Å². The molecule has 3 heterocycles. The lowest BCUT2D eigenvalue weighted by Crippen LogP contribution is -2.42. The van der Waals surface area contributed by atoms with Crippen LogP contribution in [0.5, 0.6) is 5.75 Å². The summed E-state index contributed by atoms with van der Waals surface area (Å²) in [7, 11) is 0. The predicted molar refractivity (Wildman–Crippen MR) is 108 cm³/mol. The number of nitrogens with zero attached hydrogens (tertiary/aromatic N) is 3. The van der Waals surface area contributed by atoms with Crippen LogP contribution in [-0.2, 0) is 6.18 Å². The van der Waals surface area contributed by atoms with Crippen molar-refractivity contribution in [2.45, 2.75) is 32.0 Å². The zero-order valence-corrected chi connectivity index (χ0v) is 16.6. The highest BCUT2D eigenvalue weighted by molar-refractivity contribution is 7.17. The summed E-state index contributed by atoms with van der Waals surface area (Å²) >= 11 is 1.42. The van der Waals surface area contributed by atoms with E-state index >= 15 is 0 Å². The Balaban J connectivity index is 1.67. The summed E-state index contributed by atoms with van der Waals surface area (Å²) < 4.78 is 39.4.